The first-order valence-electron chi connectivity index (χ1n) is 10.4. The van der Waals surface area contributed by atoms with Gasteiger partial charge in [-0.1, -0.05) is 25.0 Å². The second-order valence-corrected chi connectivity index (χ2v) is 8.47. The molecule has 1 saturated carbocycles. The molecular weight excluding hydrogens is 338 g/mol. The van der Waals surface area contributed by atoms with Crippen LogP contribution in [-0.2, 0) is 11.2 Å². The Morgan fingerprint density at radius 2 is 1.63 bits per heavy atom. The van der Waals surface area contributed by atoms with Gasteiger partial charge in [0.1, 0.15) is 5.75 Å². The second kappa shape index (κ2) is 9.07. The van der Waals surface area contributed by atoms with Crippen LogP contribution in [-0.4, -0.2) is 78.1 Å². The molecule has 2 aliphatic rings. The van der Waals surface area contributed by atoms with Crippen LogP contribution in [0.25, 0.3) is 0 Å². The number of aromatic hydroxyl groups is 1. The fourth-order valence-electron chi connectivity index (χ4n) is 4.79. The number of carbonyl (C=O) groups excluding carboxylic acids is 1. The van der Waals surface area contributed by atoms with E-state index in [0.29, 0.717) is 24.5 Å². The van der Waals surface area contributed by atoms with Gasteiger partial charge in [0.05, 0.1) is 6.42 Å². The molecule has 0 aromatic heterocycles. The van der Waals surface area contributed by atoms with E-state index in [0.717, 1.165) is 12.0 Å². The Labute approximate surface area is 163 Å². The third-order valence-corrected chi connectivity index (χ3v) is 6.66. The van der Waals surface area contributed by atoms with Crippen molar-refractivity contribution in [1.29, 1.82) is 0 Å². The van der Waals surface area contributed by atoms with Crippen LogP contribution < -0.4 is 0 Å². The summed E-state index contributed by atoms with van der Waals surface area (Å²) in [7, 11) is 6.46. The molecule has 0 radical (unpaired) electrons. The molecule has 2 fully saturated rings. The molecule has 27 heavy (non-hydrogen) atoms. The predicted molar refractivity (Wildman–Crippen MR) is 109 cm³/mol. The summed E-state index contributed by atoms with van der Waals surface area (Å²) in [6, 6.07) is 8.37. The number of hydrogen-bond donors (Lipinski definition) is 1. The van der Waals surface area contributed by atoms with E-state index in [1.54, 1.807) is 12.1 Å². The Bertz CT molecular complexity index is 610. The first-order valence-corrected chi connectivity index (χ1v) is 10.4. The van der Waals surface area contributed by atoms with E-state index >= 15 is 0 Å². The number of carbonyl (C=O) groups is 1. The SMILES string of the molecule is CN1CCC(N(C)[C@@H]2CCCC[C@H]2N(C)C(=O)Cc2ccc(O)cc2)CC1. The van der Waals surface area contributed by atoms with Gasteiger partial charge in [-0.3, -0.25) is 9.69 Å². The molecular formula is C22H35N3O2. The maximum absolute atomic E-state index is 12.9. The standard InChI is InChI=1S/C22H35N3O2/c1-23-14-12-18(13-15-23)24(2)20-6-4-5-7-21(20)25(3)22(27)16-17-8-10-19(26)11-9-17/h8-11,18,20-21,26H,4-7,12-16H2,1-3H3/t20-,21-/m1/s1. The van der Waals surface area contributed by atoms with Crippen molar-refractivity contribution < 1.29 is 9.90 Å². The number of nitrogens with zero attached hydrogens (tertiary/aromatic N) is 3. The molecule has 2 atom stereocenters. The zero-order chi connectivity index (χ0) is 19.4. The monoisotopic (exact) mass is 373 g/mol. The Balaban J connectivity index is 1.64. The molecule has 0 spiro atoms. The average molecular weight is 374 g/mol. The van der Waals surface area contributed by atoms with Crippen molar-refractivity contribution in [2.75, 3.05) is 34.2 Å². The lowest BCUT2D eigenvalue weighted by Gasteiger charge is -2.46. The zero-order valence-electron chi connectivity index (χ0n) is 17.1. The van der Waals surface area contributed by atoms with Crippen molar-refractivity contribution in [2.24, 2.45) is 0 Å². The van der Waals surface area contributed by atoms with Gasteiger partial charge in [0.15, 0.2) is 0 Å². The molecule has 1 saturated heterocycles. The molecule has 1 heterocycles. The van der Waals surface area contributed by atoms with Crippen molar-refractivity contribution in [3.63, 3.8) is 0 Å². The molecule has 3 rings (SSSR count). The van der Waals surface area contributed by atoms with Crippen LogP contribution in [0.5, 0.6) is 5.75 Å². The van der Waals surface area contributed by atoms with Gasteiger partial charge in [0.25, 0.3) is 0 Å². The summed E-state index contributed by atoms with van der Waals surface area (Å²) in [5.41, 5.74) is 0.959. The number of amides is 1. The van der Waals surface area contributed by atoms with Crippen LogP contribution in [0.15, 0.2) is 24.3 Å². The van der Waals surface area contributed by atoms with Crippen LogP contribution in [0, 0.1) is 0 Å². The van der Waals surface area contributed by atoms with E-state index in [1.807, 2.05) is 24.1 Å². The van der Waals surface area contributed by atoms with Gasteiger partial charge in [-0.15, -0.1) is 0 Å². The van der Waals surface area contributed by atoms with Gasteiger partial charge in [-0.25, -0.2) is 0 Å². The minimum Gasteiger partial charge on any atom is -0.508 e. The summed E-state index contributed by atoms with van der Waals surface area (Å²) in [5.74, 6) is 0.418. The Kier molecular flexibility index (Phi) is 6.77. The molecule has 1 aliphatic carbocycles. The number of hydrogen-bond acceptors (Lipinski definition) is 4. The molecule has 5 nitrogen and oxygen atoms in total. The van der Waals surface area contributed by atoms with Crippen LogP contribution in [0.4, 0.5) is 0 Å². The molecule has 1 aromatic carbocycles. The van der Waals surface area contributed by atoms with Gasteiger partial charge < -0.3 is 14.9 Å². The molecule has 1 amide bonds. The largest absolute Gasteiger partial charge is 0.508 e. The maximum atomic E-state index is 12.9. The normalized spacial score (nSPS) is 24.9. The van der Waals surface area contributed by atoms with Gasteiger partial charge in [0.2, 0.25) is 5.91 Å². The summed E-state index contributed by atoms with van der Waals surface area (Å²) in [4.78, 5) is 19.9. The Morgan fingerprint density at radius 3 is 2.26 bits per heavy atom. The summed E-state index contributed by atoms with van der Waals surface area (Å²) in [6.07, 6.45) is 7.60. The number of likely N-dealkylation sites (tertiary alicyclic amines) is 1. The number of likely N-dealkylation sites (N-methyl/N-ethyl adjacent to an activating group) is 2. The van der Waals surface area contributed by atoms with Crippen LogP contribution in [0.1, 0.15) is 44.1 Å². The van der Waals surface area contributed by atoms with Crippen LogP contribution >= 0.6 is 0 Å². The van der Waals surface area contributed by atoms with Crippen molar-refractivity contribution >= 4 is 5.91 Å². The van der Waals surface area contributed by atoms with Gasteiger partial charge in [-0.05, 0) is 70.6 Å². The van der Waals surface area contributed by atoms with E-state index in [9.17, 15) is 9.90 Å². The fraction of sp³-hybridized carbons (Fsp3) is 0.682. The summed E-state index contributed by atoms with van der Waals surface area (Å²) >= 11 is 0. The van der Waals surface area contributed by atoms with E-state index < -0.39 is 0 Å². The first kappa shape index (κ1) is 20.2. The molecule has 150 valence electrons. The van der Waals surface area contributed by atoms with Crippen molar-refractivity contribution in [2.45, 2.75) is 63.1 Å². The molecule has 1 aromatic rings. The number of phenols is 1. The lowest BCUT2D eigenvalue weighted by Crippen LogP contribution is -2.56. The zero-order valence-corrected chi connectivity index (χ0v) is 17.1. The molecule has 0 bridgehead atoms. The average Bonchev–Trinajstić information content (AvgIpc) is 2.69. The van der Waals surface area contributed by atoms with Crippen molar-refractivity contribution in [3.8, 4) is 5.75 Å². The number of phenolic OH excluding ortho intramolecular Hbond substituents is 1. The highest BCUT2D eigenvalue weighted by atomic mass is 16.3. The number of rotatable bonds is 5. The van der Waals surface area contributed by atoms with Gasteiger partial charge in [-0.2, -0.15) is 0 Å². The van der Waals surface area contributed by atoms with Gasteiger partial charge >= 0.3 is 0 Å². The van der Waals surface area contributed by atoms with E-state index in [-0.39, 0.29) is 11.7 Å². The minimum atomic E-state index is 0.175. The van der Waals surface area contributed by atoms with Crippen LogP contribution in [0.2, 0.25) is 0 Å². The molecule has 1 aliphatic heterocycles. The highest BCUT2D eigenvalue weighted by molar-refractivity contribution is 5.79. The topological polar surface area (TPSA) is 47.0 Å². The second-order valence-electron chi connectivity index (χ2n) is 8.47. The molecule has 0 unspecified atom stereocenters. The molecule has 1 N–H and O–H groups in total. The van der Waals surface area contributed by atoms with Crippen molar-refractivity contribution in [3.05, 3.63) is 29.8 Å². The fourth-order valence-corrected chi connectivity index (χ4v) is 4.79. The number of benzene rings is 1. The minimum absolute atomic E-state index is 0.175. The third kappa shape index (κ3) is 5.02. The summed E-state index contributed by atoms with van der Waals surface area (Å²) < 4.78 is 0. The lowest BCUT2D eigenvalue weighted by molar-refractivity contribution is -0.133. The lowest BCUT2D eigenvalue weighted by atomic mass is 9.86. The van der Waals surface area contributed by atoms with Crippen molar-refractivity contribution in [1.82, 2.24) is 14.7 Å². The van der Waals surface area contributed by atoms with E-state index in [2.05, 4.69) is 23.9 Å². The van der Waals surface area contributed by atoms with E-state index in [4.69, 9.17) is 0 Å². The predicted octanol–water partition coefficient (Wildman–Crippen LogP) is 2.73. The Hall–Kier alpha value is -1.59. The maximum Gasteiger partial charge on any atom is 0.227 e. The first-order chi connectivity index (χ1) is 13.0. The molecule has 5 heteroatoms. The third-order valence-electron chi connectivity index (χ3n) is 6.66. The quantitative estimate of drug-likeness (QED) is 0.862. The van der Waals surface area contributed by atoms with Gasteiger partial charge in [0, 0.05) is 25.2 Å². The van der Waals surface area contributed by atoms with Crippen LogP contribution in [0.3, 0.4) is 0 Å². The Morgan fingerprint density at radius 1 is 1.04 bits per heavy atom. The summed E-state index contributed by atoms with van der Waals surface area (Å²) in [5, 5.41) is 9.44. The number of piperidine rings is 1. The summed E-state index contributed by atoms with van der Waals surface area (Å²) in [6.45, 7) is 2.34. The van der Waals surface area contributed by atoms with E-state index in [1.165, 1.54) is 45.2 Å². The highest BCUT2D eigenvalue weighted by Gasteiger charge is 2.36. The smallest absolute Gasteiger partial charge is 0.227 e. The highest BCUT2D eigenvalue weighted by Crippen LogP contribution is 2.29.